The molecule has 3 aromatic rings. The van der Waals surface area contributed by atoms with Crippen LogP contribution < -0.4 is 10.6 Å². The van der Waals surface area contributed by atoms with Gasteiger partial charge in [0, 0.05) is 11.9 Å². The van der Waals surface area contributed by atoms with Gasteiger partial charge in [-0.3, -0.25) is 4.40 Å². The van der Waals surface area contributed by atoms with Gasteiger partial charge in [0.15, 0.2) is 11.5 Å². The summed E-state index contributed by atoms with van der Waals surface area (Å²) in [5.41, 5.74) is 1.52. The number of carbonyl (C=O) groups excluding carboxylic acids is 1. The topological polar surface area (TPSA) is 71.3 Å². The highest BCUT2D eigenvalue weighted by Gasteiger charge is 2.21. The molecule has 1 aromatic carbocycles. The van der Waals surface area contributed by atoms with E-state index in [9.17, 15) is 4.79 Å². The third-order valence-electron chi connectivity index (χ3n) is 3.70. The lowest BCUT2D eigenvalue weighted by Crippen LogP contribution is -2.34. The second kappa shape index (κ2) is 7.12. The van der Waals surface area contributed by atoms with Crippen molar-refractivity contribution >= 4 is 17.4 Å². The number of nitrogens with one attached hydrogen (secondary N) is 2. The first-order valence-corrected chi connectivity index (χ1v) is 8.05. The maximum atomic E-state index is 12.4. The predicted molar refractivity (Wildman–Crippen MR) is 93.8 cm³/mol. The molecule has 0 spiro atoms. The van der Waals surface area contributed by atoms with Crippen molar-refractivity contribution in [2.24, 2.45) is 5.92 Å². The standard InChI is InChI=1S/C18H21N5O/c1-13(2)12-15(17-22-21-16-10-6-7-11-23(16)17)20-18(24)19-14-8-4-3-5-9-14/h3-11,13,15H,12H2,1-2H3,(H2,19,20,24). The quantitative estimate of drug-likeness (QED) is 0.753. The van der Waals surface area contributed by atoms with Crippen molar-refractivity contribution in [3.8, 4) is 0 Å². The van der Waals surface area contributed by atoms with Crippen LogP contribution >= 0.6 is 0 Å². The molecular formula is C18H21N5O. The Morgan fingerprint density at radius 1 is 1.08 bits per heavy atom. The van der Waals surface area contributed by atoms with E-state index in [2.05, 4.69) is 34.7 Å². The third kappa shape index (κ3) is 3.71. The number of hydrogen-bond acceptors (Lipinski definition) is 3. The van der Waals surface area contributed by atoms with E-state index in [1.165, 1.54) is 0 Å². The minimum Gasteiger partial charge on any atom is -0.328 e. The molecule has 2 aromatic heterocycles. The molecule has 1 unspecified atom stereocenters. The zero-order valence-corrected chi connectivity index (χ0v) is 13.8. The van der Waals surface area contributed by atoms with Gasteiger partial charge in [0.25, 0.3) is 0 Å². The normalized spacial score (nSPS) is 12.3. The van der Waals surface area contributed by atoms with Gasteiger partial charge in [-0.05, 0) is 36.6 Å². The highest BCUT2D eigenvalue weighted by Crippen LogP contribution is 2.20. The number of carbonyl (C=O) groups is 1. The lowest BCUT2D eigenvalue weighted by atomic mass is 10.0. The average Bonchev–Trinajstić information content (AvgIpc) is 2.98. The van der Waals surface area contributed by atoms with Crippen LogP contribution in [0.1, 0.15) is 32.1 Å². The molecule has 0 saturated heterocycles. The molecule has 6 nitrogen and oxygen atoms in total. The second-order valence-electron chi connectivity index (χ2n) is 6.13. The zero-order chi connectivity index (χ0) is 16.9. The number of amides is 2. The zero-order valence-electron chi connectivity index (χ0n) is 13.8. The van der Waals surface area contributed by atoms with Gasteiger partial charge in [-0.25, -0.2) is 4.79 Å². The van der Waals surface area contributed by atoms with Crippen LogP contribution in [0, 0.1) is 5.92 Å². The van der Waals surface area contributed by atoms with Crippen LogP contribution in [0.4, 0.5) is 10.5 Å². The van der Waals surface area contributed by atoms with Gasteiger partial charge in [0.1, 0.15) is 0 Å². The van der Waals surface area contributed by atoms with Crippen molar-refractivity contribution < 1.29 is 4.79 Å². The molecule has 1 atom stereocenters. The first kappa shape index (κ1) is 16.0. The van der Waals surface area contributed by atoms with Gasteiger partial charge < -0.3 is 10.6 Å². The van der Waals surface area contributed by atoms with Gasteiger partial charge in [-0.2, -0.15) is 0 Å². The number of pyridine rings is 1. The number of anilines is 1. The number of aromatic nitrogens is 3. The molecule has 0 aliphatic heterocycles. The van der Waals surface area contributed by atoms with Gasteiger partial charge in [0.2, 0.25) is 0 Å². The van der Waals surface area contributed by atoms with Crippen LogP contribution in [0.15, 0.2) is 54.7 Å². The van der Waals surface area contributed by atoms with Crippen molar-refractivity contribution in [3.63, 3.8) is 0 Å². The first-order valence-electron chi connectivity index (χ1n) is 8.05. The summed E-state index contributed by atoms with van der Waals surface area (Å²) in [5, 5.41) is 14.3. The summed E-state index contributed by atoms with van der Waals surface area (Å²) in [6.07, 6.45) is 2.69. The number of fused-ring (bicyclic) bond motifs is 1. The molecule has 124 valence electrons. The van der Waals surface area contributed by atoms with Gasteiger partial charge in [-0.15, -0.1) is 10.2 Å². The summed E-state index contributed by atoms with van der Waals surface area (Å²) in [5.74, 6) is 1.14. The first-order chi connectivity index (χ1) is 11.6. The van der Waals surface area contributed by atoms with Crippen LogP contribution in [0.25, 0.3) is 5.65 Å². The Hall–Kier alpha value is -2.89. The number of benzene rings is 1. The molecule has 2 heterocycles. The molecule has 0 radical (unpaired) electrons. The minimum atomic E-state index is -0.250. The Balaban J connectivity index is 1.80. The fourth-order valence-electron chi connectivity index (χ4n) is 2.64. The van der Waals surface area contributed by atoms with E-state index in [0.29, 0.717) is 5.92 Å². The lowest BCUT2D eigenvalue weighted by Gasteiger charge is -2.19. The van der Waals surface area contributed by atoms with Crippen LogP contribution in [0.3, 0.4) is 0 Å². The van der Waals surface area contributed by atoms with Crippen molar-refractivity contribution in [2.45, 2.75) is 26.3 Å². The molecule has 2 N–H and O–H groups in total. The van der Waals surface area contributed by atoms with Crippen molar-refractivity contribution in [2.75, 3.05) is 5.32 Å². The fourth-order valence-corrected chi connectivity index (χ4v) is 2.64. The second-order valence-corrected chi connectivity index (χ2v) is 6.13. The third-order valence-corrected chi connectivity index (χ3v) is 3.70. The van der Waals surface area contributed by atoms with Crippen LogP contribution in [0.2, 0.25) is 0 Å². The molecule has 0 fully saturated rings. The summed E-state index contributed by atoms with van der Waals surface area (Å²) in [7, 11) is 0. The highest BCUT2D eigenvalue weighted by molar-refractivity contribution is 5.89. The minimum absolute atomic E-state index is 0.217. The van der Waals surface area contributed by atoms with E-state index in [1.807, 2.05) is 59.1 Å². The van der Waals surface area contributed by atoms with Crippen molar-refractivity contribution in [1.29, 1.82) is 0 Å². The van der Waals surface area contributed by atoms with E-state index >= 15 is 0 Å². The fraction of sp³-hybridized carbons (Fsp3) is 0.278. The SMILES string of the molecule is CC(C)CC(NC(=O)Nc1ccccc1)c1nnc2ccccn12. The van der Waals surface area contributed by atoms with Gasteiger partial charge in [-0.1, -0.05) is 38.1 Å². The summed E-state index contributed by atoms with van der Waals surface area (Å²) < 4.78 is 1.91. The predicted octanol–water partition coefficient (Wildman–Crippen LogP) is 3.64. The molecule has 0 aliphatic rings. The number of para-hydroxylation sites is 1. The van der Waals surface area contributed by atoms with Crippen molar-refractivity contribution in [1.82, 2.24) is 19.9 Å². The average molecular weight is 323 g/mol. The Labute approximate surface area is 140 Å². The van der Waals surface area contributed by atoms with E-state index in [1.54, 1.807) is 0 Å². The molecule has 3 rings (SSSR count). The van der Waals surface area contributed by atoms with Gasteiger partial charge >= 0.3 is 6.03 Å². The Morgan fingerprint density at radius 3 is 2.58 bits per heavy atom. The number of rotatable bonds is 5. The van der Waals surface area contributed by atoms with Gasteiger partial charge in [0.05, 0.1) is 6.04 Å². The van der Waals surface area contributed by atoms with E-state index < -0.39 is 0 Å². The number of hydrogen-bond donors (Lipinski definition) is 2. The monoisotopic (exact) mass is 323 g/mol. The van der Waals surface area contributed by atoms with E-state index in [4.69, 9.17) is 0 Å². The largest absolute Gasteiger partial charge is 0.328 e. The number of urea groups is 1. The lowest BCUT2D eigenvalue weighted by molar-refractivity contribution is 0.245. The Morgan fingerprint density at radius 2 is 1.83 bits per heavy atom. The molecule has 24 heavy (non-hydrogen) atoms. The van der Waals surface area contributed by atoms with E-state index in [-0.39, 0.29) is 12.1 Å². The van der Waals surface area contributed by atoms with Crippen LogP contribution in [0.5, 0.6) is 0 Å². The summed E-state index contributed by atoms with van der Waals surface area (Å²) in [6, 6.07) is 14.6. The summed E-state index contributed by atoms with van der Waals surface area (Å²) in [4.78, 5) is 12.4. The Bertz CT molecular complexity index is 812. The van der Waals surface area contributed by atoms with E-state index in [0.717, 1.165) is 23.6 Å². The molecule has 2 amide bonds. The summed E-state index contributed by atoms with van der Waals surface area (Å²) >= 11 is 0. The molecule has 0 bridgehead atoms. The molecular weight excluding hydrogens is 302 g/mol. The van der Waals surface area contributed by atoms with Crippen LogP contribution in [-0.2, 0) is 0 Å². The Kier molecular flexibility index (Phi) is 4.74. The van der Waals surface area contributed by atoms with Crippen LogP contribution in [-0.4, -0.2) is 20.6 Å². The van der Waals surface area contributed by atoms with Crippen molar-refractivity contribution in [3.05, 3.63) is 60.6 Å². The molecule has 0 saturated carbocycles. The summed E-state index contributed by atoms with van der Waals surface area (Å²) in [6.45, 7) is 4.24. The molecule has 0 aliphatic carbocycles. The maximum Gasteiger partial charge on any atom is 0.319 e. The molecule has 6 heteroatoms. The smallest absolute Gasteiger partial charge is 0.319 e. The maximum absolute atomic E-state index is 12.4. The number of nitrogens with zero attached hydrogens (tertiary/aromatic N) is 3. The highest BCUT2D eigenvalue weighted by atomic mass is 16.2.